The van der Waals surface area contributed by atoms with Gasteiger partial charge in [0.2, 0.25) is 5.91 Å². The number of fused-ring (bicyclic) bond motifs is 1. The highest BCUT2D eigenvalue weighted by Gasteiger charge is 2.52. The lowest BCUT2D eigenvalue weighted by Crippen LogP contribution is -2.35. The van der Waals surface area contributed by atoms with Crippen LogP contribution in [-0.4, -0.2) is 23.9 Å². The first-order chi connectivity index (χ1) is 10.3. The molecule has 1 saturated heterocycles. The summed E-state index contributed by atoms with van der Waals surface area (Å²) < 4.78 is 0. The van der Waals surface area contributed by atoms with Crippen molar-refractivity contribution in [2.45, 2.75) is 12.0 Å². The van der Waals surface area contributed by atoms with Crippen molar-refractivity contribution in [3.63, 3.8) is 0 Å². The number of rotatable bonds is 2. The summed E-state index contributed by atoms with van der Waals surface area (Å²) in [6, 6.07) is 20.8. The topological polar surface area (TPSA) is 20.3 Å². The van der Waals surface area contributed by atoms with E-state index in [2.05, 4.69) is 42.5 Å². The Morgan fingerprint density at radius 1 is 0.905 bits per heavy atom. The lowest BCUT2D eigenvalue weighted by atomic mass is 9.70. The third kappa shape index (κ3) is 1.75. The van der Waals surface area contributed by atoms with Gasteiger partial charge in [-0.2, -0.15) is 0 Å². The van der Waals surface area contributed by atoms with Crippen molar-refractivity contribution in [2.24, 2.45) is 5.92 Å². The fraction of sp³-hybridized carbons (Fsp3) is 0.211. The predicted octanol–water partition coefficient (Wildman–Crippen LogP) is 3.32. The van der Waals surface area contributed by atoms with E-state index in [1.165, 1.54) is 11.1 Å². The molecule has 2 heteroatoms. The van der Waals surface area contributed by atoms with Crippen LogP contribution in [0.4, 0.5) is 0 Å². The van der Waals surface area contributed by atoms with Gasteiger partial charge in [-0.05, 0) is 16.7 Å². The van der Waals surface area contributed by atoms with E-state index >= 15 is 0 Å². The summed E-state index contributed by atoms with van der Waals surface area (Å²) in [5, 5.41) is 0. The van der Waals surface area contributed by atoms with Crippen LogP contribution in [0, 0.1) is 5.92 Å². The van der Waals surface area contributed by atoms with Crippen LogP contribution in [0.5, 0.6) is 0 Å². The number of benzene rings is 2. The highest BCUT2D eigenvalue weighted by molar-refractivity contribution is 5.94. The molecule has 0 bridgehead atoms. The highest BCUT2D eigenvalue weighted by Crippen LogP contribution is 2.51. The molecule has 21 heavy (non-hydrogen) atoms. The van der Waals surface area contributed by atoms with Gasteiger partial charge >= 0.3 is 0 Å². The summed E-state index contributed by atoms with van der Waals surface area (Å²) in [5.74, 6) is 0.479. The Morgan fingerprint density at radius 2 is 1.52 bits per heavy atom. The van der Waals surface area contributed by atoms with Crippen LogP contribution < -0.4 is 0 Å². The molecule has 2 aliphatic rings. The monoisotopic (exact) mass is 275 g/mol. The fourth-order valence-electron chi connectivity index (χ4n) is 3.64. The lowest BCUT2D eigenvalue weighted by Gasteiger charge is -2.35. The highest BCUT2D eigenvalue weighted by atomic mass is 16.2. The van der Waals surface area contributed by atoms with Crippen LogP contribution >= 0.6 is 0 Å². The van der Waals surface area contributed by atoms with Gasteiger partial charge in [-0.3, -0.25) is 4.79 Å². The number of likely N-dealkylation sites (N-methyl/N-ethyl adjacent to an activating group) is 1. The van der Waals surface area contributed by atoms with Crippen molar-refractivity contribution in [3.05, 3.63) is 77.9 Å². The summed E-state index contributed by atoms with van der Waals surface area (Å²) in [7, 11) is 1.92. The number of hydrogen-bond acceptors (Lipinski definition) is 1. The van der Waals surface area contributed by atoms with Gasteiger partial charge < -0.3 is 4.90 Å². The summed E-state index contributed by atoms with van der Waals surface area (Å²) in [6.07, 6.45) is 2.24. The van der Waals surface area contributed by atoms with Crippen molar-refractivity contribution in [1.82, 2.24) is 4.90 Å². The second kappa shape index (κ2) is 4.59. The third-order valence-corrected chi connectivity index (χ3v) is 4.76. The molecule has 104 valence electrons. The molecule has 0 unspecified atom stereocenters. The molecule has 1 heterocycles. The number of nitrogens with zero attached hydrogens (tertiary/aromatic N) is 1. The zero-order chi connectivity index (χ0) is 14.4. The van der Waals surface area contributed by atoms with Gasteiger partial charge in [0.1, 0.15) is 0 Å². The molecule has 2 aromatic carbocycles. The van der Waals surface area contributed by atoms with Crippen LogP contribution in [0.2, 0.25) is 0 Å². The molecular weight excluding hydrogens is 258 g/mol. The van der Waals surface area contributed by atoms with Crippen molar-refractivity contribution in [3.8, 4) is 0 Å². The molecule has 2 aromatic rings. The molecule has 1 fully saturated rings. The van der Waals surface area contributed by atoms with Crippen LogP contribution in [0.25, 0.3) is 5.57 Å². The normalized spacial score (nSPS) is 27.1. The SMILES string of the molecule is CN1C(=O)[C@@H](c2ccccc2)[C@@H]2C(c3ccccc3)=C[C@@H]21. The summed E-state index contributed by atoms with van der Waals surface area (Å²) >= 11 is 0. The number of carbonyl (C=O) groups is 1. The molecule has 1 aliphatic carbocycles. The van der Waals surface area contributed by atoms with Gasteiger partial charge in [-0.25, -0.2) is 0 Å². The van der Waals surface area contributed by atoms with Gasteiger partial charge in [0.25, 0.3) is 0 Å². The number of amides is 1. The van der Waals surface area contributed by atoms with Crippen molar-refractivity contribution in [1.29, 1.82) is 0 Å². The maximum Gasteiger partial charge on any atom is 0.231 e. The van der Waals surface area contributed by atoms with E-state index in [0.29, 0.717) is 0 Å². The predicted molar refractivity (Wildman–Crippen MR) is 83.7 cm³/mol. The Balaban J connectivity index is 1.76. The third-order valence-electron chi connectivity index (χ3n) is 4.76. The summed E-state index contributed by atoms with van der Waals surface area (Å²) in [4.78, 5) is 14.5. The van der Waals surface area contributed by atoms with E-state index in [-0.39, 0.29) is 23.8 Å². The molecule has 2 nitrogen and oxygen atoms in total. The van der Waals surface area contributed by atoms with Crippen LogP contribution in [-0.2, 0) is 4.79 Å². The fourth-order valence-corrected chi connectivity index (χ4v) is 3.64. The van der Waals surface area contributed by atoms with Crippen LogP contribution in [0.1, 0.15) is 17.0 Å². The standard InChI is InChI=1S/C19H17NO/c1-20-16-12-15(13-8-4-2-5-9-13)18(16)17(19(20)21)14-10-6-3-7-11-14/h2-12,16-18H,1H3/t16-,17-,18+/m0/s1. The van der Waals surface area contributed by atoms with Gasteiger partial charge in [-0.1, -0.05) is 66.7 Å². The zero-order valence-corrected chi connectivity index (χ0v) is 11.9. The van der Waals surface area contributed by atoms with Gasteiger partial charge in [0, 0.05) is 13.0 Å². The Kier molecular flexibility index (Phi) is 2.71. The molecule has 1 amide bonds. The zero-order valence-electron chi connectivity index (χ0n) is 11.9. The van der Waals surface area contributed by atoms with Crippen molar-refractivity contribution >= 4 is 11.5 Å². The maximum atomic E-state index is 12.6. The van der Waals surface area contributed by atoms with Crippen molar-refractivity contribution in [2.75, 3.05) is 7.05 Å². The van der Waals surface area contributed by atoms with Crippen LogP contribution in [0.3, 0.4) is 0 Å². The number of carbonyl (C=O) groups excluding carboxylic acids is 1. The Hall–Kier alpha value is -2.35. The first kappa shape index (κ1) is 12.4. The van der Waals surface area contributed by atoms with Gasteiger partial charge in [0.05, 0.1) is 12.0 Å². The largest absolute Gasteiger partial charge is 0.338 e. The van der Waals surface area contributed by atoms with E-state index in [0.717, 1.165) is 5.56 Å². The summed E-state index contributed by atoms with van der Waals surface area (Å²) in [5.41, 5.74) is 3.68. The number of likely N-dealkylation sites (tertiary alicyclic amines) is 1. The second-order valence-electron chi connectivity index (χ2n) is 5.84. The first-order valence-electron chi connectivity index (χ1n) is 7.36. The molecule has 0 N–H and O–H groups in total. The molecule has 0 radical (unpaired) electrons. The quantitative estimate of drug-likeness (QED) is 0.823. The van der Waals surface area contributed by atoms with E-state index in [9.17, 15) is 4.79 Å². The molecule has 1 aliphatic heterocycles. The Morgan fingerprint density at radius 3 is 2.19 bits per heavy atom. The molecule has 4 rings (SSSR count). The van der Waals surface area contributed by atoms with E-state index in [1.54, 1.807) is 0 Å². The Bertz CT molecular complexity index is 705. The first-order valence-corrected chi connectivity index (χ1v) is 7.36. The van der Waals surface area contributed by atoms with E-state index in [1.807, 2.05) is 36.2 Å². The van der Waals surface area contributed by atoms with E-state index < -0.39 is 0 Å². The second-order valence-corrected chi connectivity index (χ2v) is 5.84. The minimum Gasteiger partial charge on any atom is -0.338 e. The molecule has 0 saturated carbocycles. The summed E-state index contributed by atoms with van der Waals surface area (Å²) in [6.45, 7) is 0. The lowest BCUT2D eigenvalue weighted by molar-refractivity contribution is -0.128. The molecule has 3 atom stereocenters. The van der Waals surface area contributed by atoms with Gasteiger partial charge in [-0.15, -0.1) is 0 Å². The maximum absolute atomic E-state index is 12.6. The number of hydrogen-bond donors (Lipinski definition) is 0. The average Bonchev–Trinajstić information content (AvgIpc) is 2.70. The average molecular weight is 275 g/mol. The van der Waals surface area contributed by atoms with Gasteiger partial charge in [0.15, 0.2) is 0 Å². The Labute approximate surface area is 124 Å². The molecular formula is C19H17NO. The van der Waals surface area contributed by atoms with Crippen molar-refractivity contribution < 1.29 is 4.79 Å². The van der Waals surface area contributed by atoms with E-state index in [4.69, 9.17) is 0 Å². The minimum absolute atomic E-state index is 0.0404. The van der Waals surface area contributed by atoms with Crippen LogP contribution in [0.15, 0.2) is 66.7 Å². The molecule has 0 spiro atoms. The smallest absolute Gasteiger partial charge is 0.231 e. The molecule has 0 aromatic heterocycles. The minimum atomic E-state index is -0.0404.